The molecule has 138 valence electrons. The second kappa shape index (κ2) is 7.46. The number of nitrogens with zero attached hydrogens (tertiary/aromatic N) is 3. The summed E-state index contributed by atoms with van der Waals surface area (Å²) in [6, 6.07) is 7.55. The molecule has 0 atom stereocenters. The molecule has 1 heterocycles. The molecule has 5 aromatic rings. The molecule has 0 aliphatic rings. The van der Waals surface area contributed by atoms with Crippen LogP contribution in [0.4, 0.5) is 0 Å². The van der Waals surface area contributed by atoms with Crippen molar-refractivity contribution in [1.82, 2.24) is 15.0 Å². The Kier molecular flexibility index (Phi) is 2.64. The highest BCUT2D eigenvalue weighted by atomic mass is 35.5. The summed E-state index contributed by atoms with van der Waals surface area (Å²) in [6.45, 7) is 0. The van der Waals surface area contributed by atoms with E-state index in [9.17, 15) is 0 Å². The molecule has 0 spiro atoms. The fraction of sp³-hybridized carbons (Fsp3) is 0. The molecule has 4 aromatic carbocycles. The molecule has 0 unspecified atom stereocenters. The first-order valence-electron chi connectivity index (χ1n) is 13.1. The van der Waals surface area contributed by atoms with Crippen LogP contribution in [0.25, 0.3) is 44.7 Å². The minimum Gasteiger partial charge on any atom is -0.208 e. The van der Waals surface area contributed by atoms with Crippen LogP contribution in [0.1, 0.15) is 12.3 Å². The molecule has 0 saturated heterocycles. The monoisotopic (exact) mass is 402 g/mol. The molecule has 0 bridgehead atoms. The number of hydrogen-bond acceptors (Lipinski definition) is 3. The predicted octanol–water partition coefficient (Wildman–Crippen LogP) is 6.68. The molecule has 4 heteroatoms. The molecule has 0 radical (unpaired) electrons. The minimum absolute atomic E-state index is 0.170. The van der Waals surface area contributed by atoms with E-state index in [1.807, 2.05) is 36.4 Å². The van der Waals surface area contributed by atoms with Crippen LogP contribution >= 0.6 is 11.6 Å². The molecule has 29 heavy (non-hydrogen) atoms. The van der Waals surface area contributed by atoms with Gasteiger partial charge in [-0.2, -0.15) is 9.97 Å². The largest absolute Gasteiger partial charge is 0.226 e. The highest BCUT2D eigenvalue weighted by molar-refractivity contribution is 6.28. The van der Waals surface area contributed by atoms with Crippen LogP contribution in [0.2, 0.25) is 5.28 Å². The molecule has 0 fully saturated rings. The highest BCUT2D eigenvalue weighted by Crippen LogP contribution is 2.29. The maximum atomic E-state index is 8.64. The number of benzene rings is 4. The lowest BCUT2D eigenvalue weighted by Gasteiger charge is -2.08. The van der Waals surface area contributed by atoms with Gasteiger partial charge in [-0.1, -0.05) is 96.8 Å². The third-order valence-electron chi connectivity index (χ3n) is 4.24. The van der Waals surface area contributed by atoms with Crippen LogP contribution in [0.5, 0.6) is 0 Å². The zero-order valence-corrected chi connectivity index (χ0v) is 15.5. The van der Waals surface area contributed by atoms with E-state index in [4.69, 9.17) is 23.9 Å². The second-order valence-electron chi connectivity index (χ2n) is 6.03. The van der Waals surface area contributed by atoms with Crippen molar-refractivity contribution < 1.29 is 12.3 Å². The van der Waals surface area contributed by atoms with Gasteiger partial charge in [-0.25, -0.2) is 4.98 Å². The van der Waals surface area contributed by atoms with E-state index in [0.29, 0.717) is 5.56 Å². The van der Waals surface area contributed by atoms with Crippen LogP contribution in [0.3, 0.4) is 0 Å². The molecule has 5 rings (SSSR count). The Morgan fingerprint density at radius 3 is 2.10 bits per heavy atom. The van der Waals surface area contributed by atoms with Crippen molar-refractivity contribution in [2.24, 2.45) is 0 Å². The van der Waals surface area contributed by atoms with Gasteiger partial charge in [0.25, 0.3) is 0 Å². The van der Waals surface area contributed by atoms with Crippen LogP contribution in [0.15, 0.2) is 96.8 Å². The number of halogens is 1. The van der Waals surface area contributed by atoms with E-state index in [1.165, 1.54) is 0 Å². The molecule has 3 nitrogen and oxygen atoms in total. The van der Waals surface area contributed by atoms with Gasteiger partial charge in [0.15, 0.2) is 11.6 Å². The van der Waals surface area contributed by atoms with E-state index in [2.05, 4.69) is 15.0 Å². The summed E-state index contributed by atoms with van der Waals surface area (Å²) < 4.78 is 74.6. The third kappa shape index (κ3) is 3.48. The Labute approximate surface area is 186 Å². The van der Waals surface area contributed by atoms with E-state index in [-0.39, 0.29) is 22.5 Å². The van der Waals surface area contributed by atoms with Crippen LogP contribution < -0.4 is 0 Å². The van der Waals surface area contributed by atoms with Gasteiger partial charge >= 0.3 is 0 Å². The Bertz CT molecular complexity index is 1730. The van der Waals surface area contributed by atoms with E-state index >= 15 is 0 Å². The number of rotatable bonds is 3. The topological polar surface area (TPSA) is 38.7 Å². The fourth-order valence-corrected chi connectivity index (χ4v) is 3.09. The number of aromatic nitrogens is 3. The van der Waals surface area contributed by atoms with Crippen LogP contribution in [-0.2, 0) is 0 Å². The first-order chi connectivity index (χ1) is 18.0. The summed E-state index contributed by atoms with van der Waals surface area (Å²) in [4.78, 5) is 12.7. The molecule has 1 aromatic heterocycles. The van der Waals surface area contributed by atoms with Gasteiger partial charge in [-0.15, -0.1) is 0 Å². The standard InChI is InChI=1S/C25H16ClN3/c26-25-28-23(20-15-13-18(14-16-20)17-7-2-1-3-8-17)27-24(29-25)22-12-6-10-19-9-4-5-11-21(19)22/h1-16H/i1D,2D,3D,7D,8D,13D,14D,15D,16D. The lowest BCUT2D eigenvalue weighted by Crippen LogP contribution is -1.97. The van der Waals surface area contributed by atoms with Crippen LogP contribution in [0, 0.1) is 0 Å². The Morgan fingerprint density at radius 1 is 0.621 bits per heavy atom. The van der Waals surface area contributed by atoms with Gasteiger partial charge in [0.1, 0.15) is 0 Å². The minimum atomic E-state index is -0.647. The zero-order valence-electron chi connectivity index (χ0n) is 23.8. The lowest BCUT2D eigenvalue weighted by molar-refractivity contribution is 1.07. The lowest BCUT2D eigenvalue weighted by atomic mass is 10.0. The van der Waals surface area contributed by atoms with Gasteiger partial charge in [0.2, 0.25) is 5.28 Å². The third-order valence-corrected chi connectivity index (χ3v) is 4.41. The van der Waals surface area contributed by atoms with Gasteiger partial charge in [0.05, 0.1) is 12.3 Å². The zero-order chi connectivity index (χ0) is 27.5. The molecular weight excluding hydrogens is 378 g/mol. The van der Waals surface area contributed by atoms with Gasteiger partial charge < -0.3 is 0 Å². The van der Waals surface area contributed by atoms with Gasteiger partial charge in [-0.3, -0.25) is 0 Å². The SMILES string of the molecule is [2H]c1c([2H])c([2H])c(-c2c([2H])c([2H])c(-c3nc(Cl)nc(-c4cccc5ccccc45)n3)c([2H])c2[2H])c([2H])c1[2H]. The molecule has 0 aliphatic heterocycles. The summed E-state index contributed by atoms with van der Waals surface area (Å²) >= 11 is 6.22. The quantitative estimate of drug-likeness (QED) is 0.338. The van der Waals surface area contributed by atoms with E-state index in [1.54, 1.807) is 6.07 Å². The molecule has 0 amide bonds. The van der Waals surface area contributed by atoms with Crippen molar-refractivity contribution >= 4 is 22.4 Å². The summed E-state index contributed by atoms with van der Waals surface area (Å²) in [5.74, 6) is -0.0269. The molecule has 0 aliphatic carbocycles. The van der Waals surface area contributed by atoms with Gasteiger partial charge in [-0.05, 0) is 33.5 Å². The predicted molar refractivity (Wildman–Crippen MR) is 119 cm³/mol. The Hall–Kier alpha value is -3.56. The number of hydrogen-bond donors (Lipinski definition) is 0. The summed E-state index contributed by atoms with van der Waals surface area (Å²) in [5, 5.41) is 1.54. The number of fused-ring (bicyclic) bond motifs is 1. The first-order valence-corrected chi connectivity index (χ1v) is 8.98. The van der Waals surface area contributed by atoms with Crippen molar-refractivity contribution in [3.8, 4) is 33.9 Å². The Morgan fingerprint density at radius 2 is 1.28 bits per heavy atom. The highest BCUT2D eigenvalue weighted by Gasteiger charge is 2.12. The average Bonchev–Trinajstić information content (AvgIpc) is 2.91. The van der Waals surface area contributed by atoms with Crippen molar-refractivity contribution in [3.05, 3.63) is 102 Å². The molecule has 0 N–H and O–H groups in total. The average molecular weight is 403 g/mol. The summed E-state index contributed by atoms with van der Waals surface area (Å²) in [6.07, 6.45) is 0. The van der Waals surface area contributed by atoms with E-state index in [0.717, 1.165) is 10.8 Å². The molecular formula is C25H16ClN3. The van der Waals surface area contributed by atoms with E-state index < -0.39 is 65.5 Å². The first kappa shape index (κ1) is 10.3. The summed E-state index contributed by atoms with van der Waals surface area (Å²) in [5.41, 5.74) is -0.485. The van der Waals surface area contributed by atoms with Crippen molar-refractivity contribution in [2.45, 2.75) is 0 Å². The van der Waals surface area contributed by atoms with Crippen molar-refractivity contribution in [1.29, 1.82) is 0 Å². The van der Waals surface area contributed by atoms with Crippen LogP contribution in [-0.4, -0.2) is 15.0 Å². The van der Waals surface area contributed by atoms with Crippen molar-refractivity contribution in [2.75, 3.05) is 0 Å². The second-order valence-corrected chi connectivity index (χ2v) is 6.37. The van der Waals surface area contributed by atoms with Gasteiger partial charge in [0, 0.05) is 11.1 Å². The summed E-state index contributed by atoms with van der Waals surface area (Å²) in [7, 11) is 0. The maximum absolute atomic E-state index is 8.64. The maximum Gasteiger partial charge on any atom is 0.226 e. The smallest absolute Gasteiger partial charge is 0.208 e. The van der Waals surface area contributed by atoms with Crippen molar-refractivity contribution in [3.63, 3.8) is 0 Å². The Balaban J connectivity index is 1.77. The fourth-order valence-electron chi connectivity index (χ4n) is 2.93. The normalized spacial score (nSPS) is 15.3. The molecule has 0 saturated carbocycles.